The van der Waals surface area contributed by atoms with Gasteiger partial charge in [-0.2, -0.15) is 0 Å². The number of para-hydroxylation sites is 2. The van der Waals surface area contributed by atoms with Gasteiger partial charge in [0.15, 0.2) is 0 Å². The summed E-state index contributed by atoms with van der Waals surface area (Å²) in [4.78, 5) is 23.0. The molecule has 0 aliphatic heterocycles. The second kappa shape index (κ2) is 14.0. The molecule has 0 radical (unpaired) electrons. The maximum atomic E-state index is 14.0. The number of carbonyl (C=O) groups excluding carboxylic acids is 1. The number of ether oxygens (including phenoxy) is 2. The van der Waals surface area contributed by atoms with Crippen LogP contribution in [0.1, 0.15) is 56.0 Å². The van der Waals surface area contributed by atoms with Crippen molar-refractivity contribution in [2.45, 2.75) is 57.5 Å². The molecule has 0 bridgehead atoms. The molecule has 9 heteroatoms. The summed E-state index contributed by atoms with van der Waals surface area (Å²) in [6.45, 7) is 5.93. The van der Waals surface area contributed by atoms with Crippen molar-refractivity contribution in [2.24, 2.45) is 5.92 Å². The number of aromatic nitrogens is 2. The average Bonchev–Trinajstić information content (AvgIpc) is 3.25. The van der Waals surface area contributed by atoms with E-state index in [0.29, 0.717) is 19.3 Å². The molecule has 0 saturated carbocycles. The number of benzene rings is 2. The molecule has 0 spiro atoms. The van der Waals surface area contributed by atoms with Crippen LogP contribution in [0.5, 0.6) is 0 Å². The van der Waals surface area contributed by atoms with Crippen LogP contribution in [-0.4, -0.2) is 65.8 Å². The highest BCUT2D eigenvalue weighted by atomic mass is 35.5. The van der Waals surface area contributed by atoms with Gasteiger partial charge in [-0.3, -0.25) is 0 Å². The number of imidazole rings is 1. The number of fused-ring (bicyclic) bond motifs is 2. The number of aryl methyl sites for hydroxylation is 2. The second-order valence-electron chi connectivity index (χ2n) is 10.4. The van der Waals surface area contributed by atoms with Gasteiger partial charge in [0.25, 0.3) is 0 Å². The summed E-state index contributed by atoms with van der Waals surface area (Å²) in [6, 6.07) is 13.1. The Balaban J connectivity index is 0.00000253. The molecule has 1 aliphatic carbocycles. The van der Waals surface area contributed by atoms with Crippen LogP contribution in [-0.2, 0) is 27.1 Å². The first-order chi connectivity index (χ1) is 17.3. The lowest BCUT2D eigenvalue weighted by atomic mass is 9.65. The van der Waals surface area contributed by atoms with Crippen molar-refractivity contribution < 1.29 is 36.5 Å². The zero-order valence-corrected chi connectivity index (χ0v) is 23.5. The van der Waals surface area contributed by atoms with E-state index in [1.54, 1.807) is 6.07 Å². The summed E-state index contributed by atoms with van der Waals surface area (Å²) in [6.07, 6.45) is 3.92. The van der Waals surface area contributed by atoms with Gasteiger partial charge in [-0.05, 0) is 74.2 Å². The molecule has 1 heterocycles. The molecule has 1 aliphatic rings. The first kappa shape index (κ1) is 31.7. The summed E-state index contributed by atoms with van der Waals surface area (Å²) >= 11 is 0. The largest absolute Gasteiger partial charge is 1.00 e. The second-order valence-corrected chi connectivity index (χ2v) is 10.4. The van der Waals surface area contributed by atoms with Crippen LogP contribution in [0.25, 0.3) is 11.0 Å². The average molecular weight is 549 g/mol. The van der Waals surface area contributed by atoms with Gasteiger partial charge in [0, 0.05) is 32.4 Å². The third kappa shape index (κ3) is 7.32. The lowest BCUT2D eigenvalue weighted by Crippen LogP contribution is -3.00. The topological polar surface area (TPSA) is 99.0 Å². The van der Waals surface area contributed by atoms with E-state index in [1.807, 2.05) is 30.3 Å². The molecule has 210 valence electrons. The Morgan fingerprint density at radius 3 is 2.71 bits per heavy atom. The minimum Gasteiger partial charge on any atom is -1.00 e. The molecule has 38 heavy (non-hydrogen) atoms. The Bertz CT molecular complexity index is 1150. The van der Waals surface area contributed by atoms with Gasteiger partial charge in [0.05, 0.1) is 11.0 Å². The van der Waals surface area contributed by atoms with Gasteiger partial charge in [0.1, 0.15) is 23.8 Å². The van der Waals surface area contributed by atoms with Crippen LogP contribution < -0.4 is 12.4 Å². The fraction of sp³-hybridized carbons (Fsp3) is 0.517. The highest BCUT2D eigenvalue weighted by molar-refractivity contribution is 5.74. The quantitative estimate of drug-likeness (QED) is 0.366. The van der Waals surface area contributed by atoms with E-state index in [2.05, 4.69) is 35.8 Å². The van der Waals surface area contributed by atoms with Crippen molar-refractivity contribution in [2.75, 3.05) is 33.9 Å². The number of hydrogen-bond donors (Lipinski definition) is 1. The maximum Gasteiger partial charge on any atom is 0.332 e. The molecule has 0 amide bonds. The summed E-state index contributed by atoms with van der Waals surface area (Å²) in [5, 5.41) is 0. The monoisotopic (exact) mass is 548 g/mol. The lowest BCUT2D eigenvalue weighted by Gasteiger charge is -2.47. The van der Waals surface area contributed by atoms with E-state index in [1.165, 1.54) is 13.2 Å². The van der Waals surface area contributed by atoms with Gasteiger partial charge < -0.3 is 37.2 Å². The predicted octanol–water partition coefficient (Wildman–Crippen LogP) is 1.45. The smallest absolute Gasteiger partial charge is 0.332 e. The minimum absolute atomic E-state index is 0. The molecule has 1 unspecified atom stereocenters. The van der Waals surface area contributed by atoms with Crippen molar-refractivity contribution in [3.63, 3.8) is 0 Å². The minimum atomic E-state index is -0.651. The molecule has 7 nitrogen and oxygen atoms in total. The molecule has 4 rings (SSSR count). The Morgan fingerprint density at radius 2 is 2.00 bits per heavy atom. The molecule has 2 atom stereocenters. The molecular formula is C29H40ClFN3O4-. The Hall–Kier alpha value is -2.52. The van der Waals surface area contributed by atoms with E-state index in [-0.39, 0.29) is 48.1 Å². The molecule has 0 fully saturated rings. The van der Waals surface area contributed by atoms with Gasteiger partial charge in [-0.15, -0.1) is 0 Å². The summed E-state index contributed by atoms with van der Waals surface area (Å²) in [5.41, 5.74) is 3.53. The molecule has 0 saturated heterocycles. The highest BCUT2D eigenvalue weighted by Crippen LogP contribution is 2.48. The third-order valence-electron chi connectivity index (χ3n) is 7.38. The number of nitrogens with zero attached hydrogens (tertiary/aromatic N) is 2. The van der Waals surface area contributed by atoms with Crippen LogP contribution in [0, 0.1) is 11.7 Å². The fourth-order valence-corrected chi connectivity index (χ4v) is 5.80. The molecule has 2 aromatic carbocycles. The fourth-order valence-electron chi connectivity index (χ4n) is 5.80. The van der Waals surface area contributed by atoms with Crippen LogP contribution in [0.3, 0.4) is 0 Å². The van der Waals surface area contributed by atoms with Crippen molar-refractivity contribution in [1.29, 1.82) is 0 Å². The van der Waals surface area contributed by atoms with Gasteiger partial charge in [-0.1, -0.05) is 32.0 Å². The first-order valence-corrected chi connectivity index (χ1v) is 12.9. The number of nitrogens with one attached hydrogen (secondary N) is 1. The Morgan fingerprint density at radius 1 is 1.24 bits per heavy atom. The predicted molar refractivity (Wildman–Crippen MR) is 143 cm³/mol. The zero-order valence-electron chi connectivity index (χ0n) is 22.7. The van der Waals surface area contributed by atoms with Gasteiger partial charge in [-0.25, -0.2) is 14.2 Å². The summed E-state index contributed by atoms with van der Waals surface area (Å²) in [5.74, 6) is 0.658. The van der Waals surface area contributed by atoms with Crippen LogP contribution in [0.2, 0.25) is 0 Å². The SMILES string of the molecule is COCC(=O)O[C@]1(CCN(C)CCCc2nc3ccccc3[nH]2)CCc2cc(F)ccc2C1C(C)C.O.[Cl-]. The lowest BCUT2D eigenvalue weighted by molar-refractivity contribution is -0.172. The zero-order chi connectivity index (χ0) is 25.7. The van der Waals surface area contributed by atoms with Crippen molar-refractivity contribution in [3.05, 3.63) is 65.2 Å². The van der Waals surface area contributed by atoms with Crippen molar-refractivity contribution >= 4 is 17.0 Å². The van der Waals surface area contributed by atoms with Crippen molar-refractivity contribution in [1.82, 2.24) is 14.9 Å². The third-order valence-corrected chi connectivity index (χ3v) is 7.38. The van der Waals surface area contributed by atoms with E-state index in [4.69, 9.17) is 9.47 Å². The summed E-state index contributed by atoms with van der Waals surface area (Å²) in [7, 11) is 3.61. The molecular weight excluding hydrogens is 509 g/mol. The van der Waals surface area contributed by atoms with E-state index in [9.17, 15) is 9.18 Å². The number of halogens is 2. The van der Waals surface area contributed by atoms with Crippen LogP contribution in [0.15, 0.2) is 42.5 Å². The number of hydrogen-bond acceptors (Lipinski definition) is 5. The van der Waals surface area contributed by atoms with Crippen molar-refractivity contribution in [3.8, 4) is 0 Å². The van der Waals surface area contributed by atoms with E-state index >= 15 is 0 Å². The van der Waals surface area contributed by atoms with E-state index in [0.717, 1.165) is 53.9 Å². The summed E-state index contributed by atoms with van der Waals surface area (Å²) < 4.78 is 25.3. The normalized spacial score (nSPS) is 18.7. The van der Waals surface area contributed by atoms with Gasteiger partial charge >= 0.3 is 5.97 Å². The number of esters is 1. The van der Waals surface area contributed by atoms with Crippen LogP contribution in [0.4, 0.5) is 4.39 Å². The maximum absolute atomic E-state index is 14.0. The van der Waals surface area contributed by atoms with Gasteiger partial charge in [0.2, 0.25) is 0 Å². The number of aromatic amines is 1. The molecule has 3 N–H and O–H groups in total. The first-order valence-electron chi connectivity index (χ1n) is 12.9. The highest BCUT2D eigenvalue weighted by Gasteiger charge is 2.47. The van der Waals surface area contributed by atoms with E-state index < -0.39 is 5.60 Å². The number of carbonyl (C=O) groups is 1. The number of methoxy groups -OCH3 is 1. The molecule has 1 aromatic heterocycles. The number of rotatable bonds is 11. The molecule has 3 aromatic rings. The Labute approximate surface area is 230 Å². The standard InChI is InChI=1S/C29H38FN3O3.ClH.H2O/c1-20(2)28-23-12-11-22(30)18-21(23)13-14-29(28,36-27(34)19-35-4)15-17-33(3)16-7-10-26-31-24-8-5-6-9-25(24)32-26;;/h5-6,8-9,11-12,18,20,28H,7,10,13-17,19H2,1-4H3,(H,31,32);1H;1H2/p-1/t28?,29-;;/m0../s1. The van der Waals surface area contributed by atoms with Crippen LogP contribution >= 0.6 is 0 Å². The Kier molecular flexibility index (Phi) is 11.7. The number of H-pyrrole nitrogens is 1.